The Hall–Kier alpha value is -0.100. The number of furan rings is 1. The van der Waals surface area contributed by atoms with Crippen LogP contribution < -0.4 is 11.0 Å². The zero-order chi connectivity index (χ0) is 10.3. The molecule has 1 aromatic rings. The number of hydrogen-bond donors (Lipinski definition) is 6. The van der Waals surface area contributed by atoms with Gasteiger partial charge in [0.15, 0.2) is 0 Å². The molecule has 0 unspecified atom stereocenters. The summed E-state index contributed by atoms with van der Waals surface area (Å²) in [5.74, 6) is 0. The van der Waals surface area contributed by atoms with Gasteiger partial charge in [-0.3, -0.25) is 0 Å². The van der Waals surface area contributed by atoms with E-state index >= 15 is 0 Å². The lowest BCUT2D eigenvalue weighted by molar-refractivity contribution is 0.330. The van der Waals surface area contributed by atoms with Gasteiger partial charge in [-0.25, -0.2) is 0 Å². The van der Waals surface area contributed by atoms with E-state index in [9.17, 15) is 0 Å². The van der Waals surface area contributed by atoms with Crippen molar-refractivity contribution in [1.29, 1.82) is 0 Å². The second kappa shape index (κ2) is 3.24. The van der Waals surface area contributed by atoms with Crippen molar-refractivity contribution in [3.8, 4) is 0 Å². The first-order valence-electron chi connectivity index (χ1n) is 2.97. The quantitative estimate of drug-likeness (QED) is 0.324. The zero-order valence-corrected chi connectivity index (χ0v) is 7.93. The van der Waals surface area contributed by atoms with Crippen LogP contribution in [0.1, 0.15) is 0 Å². The topological polar surface area (TPSA) is 135 Å². The fraction of sp³-hybridized carbons (Fsp3) is 0. The van der Waals surface area contributed by atoms with Gasteiger partial charge in [0.1, 0.15) is 0 Å². The highest BCUT2D eigenvalue weighted by Crippen LogP contribution is 2.47. The Bertz CT molecular complexity index is 266. The first-order valence-corrected chi connectivity index (χ1v) is 6.26. The number of rotatable bonds is 2. The predicted molar refractivity (Wildman–Crippen MR) is 45.1 cm³/mol. The van der Waals surface area contributed by atoms with Gasteiger partial charge in [-0.15, -0.1) is 0 Å². The van der Waals surface area contributed by atoms with E-state index in [2.05, 4.69) is 4.42 Å². The molecule has 0 bridgehead atoms. The third-order valence-electron chi connectivity index (χ3n) is 1.17. The van der Waals surface area contributed by atoms with Crippen molar-refractivity contribution in [2.24, 2.45) is 0 Å². The molecule has 0 aliphatic carbocycles. The standard InChI is InChI=1S/C4H8O7P2/c5-12(6,7)3-1-2-4(11-3)13(8,9)10/h1-2,5-10H/q+2. The van der Waals surface area contributed by atoms with Crippen LogP contribution in [0.15, 0.2) is 16.5 Å². The van der Waals surface area contributed by atoms with E-state index in [1.165, 1.54) is 0 Å². The Kier molecular flexibility index (Phi) is 2.73. The lowest BCUT2D eigenvalue weighted by atomic mass is 10.7. The molecule has 1 rings (SSSR count). The Morgan fingerprint density at radius 3 is 1.23 bits per heavy atom. The SMILES string of the molecule is O[P+](O)(O)c1ccc([P+](O)(O)O)o1. The fourth-order valence-electron chi connectivity index (χ4n) is 0.640. The molecule has 0 aliphatic heterocycles. The molecule has 0 aliphatic rings. The summed E-state index contributed by atoms with van der Waals surface area (Å²) in [6.07, 6.45) is 0. The van der Waals surface area contributed by atoms with Gasteiger partial charge in [-0.2, -0.15) is 29.4 Å². The van der Waals surface area contributed by atoms with E-state index in [-0.39, 0.29) is 0 Å². The highest BCUT2D eigenvalue weighted by atomic mass is 31.2. The minimum Gasteiger partial charge on any atom is -0.382 e. The Morgan fingerprint density at radius 1 is 0.769 bits per heavy atom. The third kappa shape index (κ3) is 2.67. The van der Waals surface area contributed by atoms with Crippen LogP contribution in [0.3, 0.4) is 0 Å². The van der Waals surface area contributed by atoms with Crippen LogP contribution >= 0.6 is 15.9 Å². The van der Waals surface area contributed by atoms with Crippen molar-refractivity contribution in [3.63, 3.8) is 0 Å². The van der Waals surface area contributed by atoms with Crippen molar-refractivity contribution in [2.75, 3.05) is 0 Å². The first kappa shape index (κ1) is 11.0. The van der Waals surface area contributed by atoms with Crippen molar-refractivity contribution < 1.29 is 33.8 Å². The molecule has 1 aromatic heterocycles. The third-order valence-corrected chi connectivity index (χ3v) is 2.83. The van der Waals surface area contributed by atoms with Crippen molar-refractivity contribution in [1.82, 2.24) is 0 Å². The molecule has 0 atom stereocenters. The highest BCUT2D eigenvalue weighted by Gasteiger charge is 2.45. The van der Waals surface area contributed by atoms with Gasteiger partial charge in [0, 0.05) is 12.1 Å². The summed E-state index contributed by atoms with van der Waals surface area (Å²) < 4.78 is 4.41. The van der Waals surface area contributed by atoms with Gasteiger partial charge in [0.25, 0.3) is 0 Å². The van der Waals surface area contributed by atoms with Crippen LogP contribution in [0.4, 0.5) is 0 Å². The highest BCUT2D eigenvalue weighted by molar-refractivity contribution is 7.67. The second-order valence-electron chi connectivity index (χ2n) is 2.25. The molecule has 9 heteroatoms. The van der Waals surface area contributed by atoms with E-state index in [4.69, 9.17) is 29.4 Å². The summed E-state index contributed by atoms with van der Waals surface area (Å²) in [5, 5.41) is 0. The molecule has 0 fully saturated rings. The summed E-state index contributed by atoms with van der Waals surface area (Å²) in [5.41, 5.74) is -1.21. The maximum absolute atomic E-state index is 8.66. The molecule has 0 saturated heterocycles. The van der Waals surface area contributed by atoms with Crippen LogP contribution in [0.5, 0.6) is 0 Å². The Labute approximate surface area is 73.7 Å². The normalized spacial score (nSPS) is 13.4. The summed E-state index contributed by atoms with van der Waals surface area (Å²) in [4.78, 5) is 52.0. The van der Waals surface area contributed by atoms with E-state index in [0.29, 0.717) is 0 Å². The summed E-state index contributed by atoms with van der Waals surface area (Å²) in [7, 11) is -8.60. The first-order chi connectivity index (χ1) is 5.71. The van der Waals surface area contributed by atoms with Crippen molar-refractivity contribution >= 4 is 26.9 Å². The Balaban J connectivity index is 3.01. The van der Waals surface area contributed by atoms with Crippen LogP contribution in [-0.4, -0.2) is 29.4 Å². The van der Waals surface area contributed by atoms with E-state index < -0.39 is 26.9 Å². The van der Waals surface area contributed by atoms with Gasteiger partial charge in [0.05, 0.1) is 0 Å². The molecule has 74 valence electrons. The molecule has 0 radical (unpaired) electrons. The molecule has 6 N–H and O–H groups in total. The van der Waals surface area contributed by atoms with Gasteiger partial charge in [-0.05, 0) is 0 Å². The minimum atomic E-state index is -4.30. The molecule has 1 heterocycles. The monoisotopic (exact) mass is 230 g/mol. The largest absolute Gasteiger partial charge is 0.479 e. The van der Waals surface area contributed by atoms with Gasteiger partial charge < -0.3 is 4.42 Å². The van der Waals surface area contributed by atoms with E-state index in [1.807, 2.05) is 0 Å². The summed E-state index contributed by atoms with van der Waals surface area (Å²) >= 11 is 0. The maximum atomic E-state index is 8.66. The minimum absolute atomic E-state index is 0.607. The smallest absolute Gasteiger partial charge is 0.382 e. The second-order valence-corrected chi connectivity index (χ2v) is 5.40. The van der Waals surface area contributed by atoms with Crippen LogP contribution in [0.2, 0.25) is 0 Å². The predicted octanol–water partition coefficient (Wildman–Crippen LogP) is -1.99. The van der Waals surface area contributed by atoms with Gasteiger partial charge in [-0.1, -0.05) is 0 Å². The fourth-order valence-corrected chi connectivity index (χ4v) is 1.70. The summed E-state index contributed by atoms with van der Waals surface area (Å²) in [6, 6.07) is 1.86. The summed E-state index contributed by atoms with van der Waals surface area (Å²) in [6.45, 7) is 0. The molecule has 0 amide bonds. The van der Waals surface area contributed by atoms with Gasteiger partial charge in [0.2, 0.25) is 0 Å². The molecule has 13 heavy (non-hydrogen) atoms. The zero-order valence-electron chi connectivity index (χ0n) is 6.14. The molecule has 7 nitrogen and oxygen atoms in total. The van der Waals surface area contributed by atoms with Gasteiger partial charge >= 0.3 is 26.9 Å². The van der Waals surface area contributed by atoms with Crippen molar-refractivity contribution in [2.45, 2.75) is 0 Å². The van der Waals surface area contributed by atoms with Crippen LogP contribution in [0, 0.1) is 0 Å². The molecule has 0 aromatic carbocycles. The van der Waals surface area contributed by atoms with E-state index in [1.54, 1.807) is 0 Å². The molecule has 0 saturated carbocycles. The maximum Gasteiger partial charge on any atom is 0.479 e. The van der Waals surface area contributed by atoms with Crippen molar-refractivity contribution in [3.05, 3.63) is 12.1 Å². The lowest BCUT2D eigenvalue weighted by Crippen LogP contribution is -2.11. The molecular weight excluding hydrogens is 222 g/mol. The average Bonchev–Trinajstić information content (AvgIpc) is 2.28. The lowest BCUT2D eigenvalue weighted by Gasteiger charge is -1.98. The number of hydrogen-bond acceptors (Lipinski definition) is 7. The molecule has 0 spiro atoms. The Morgan fingerprint density at radius 2 is 1.08 bits per heavy atom. The molecular formula is C4H8O7P2+2. The van der Waals surface area contributed by atoms with Crippen LogP contribution in [0.25, 0.3) is 0 Å². The van der Waals surface area contributed by atoms with E-state index in [0.717, 1.165) is 12.1 Å². The average molecular weight is 230 g/mol. The van der Waals surface area contributed by atoms with Crippen LogP contribution in [-0.2, 0) is 0 Å².